The topological polar surface area (TPSA) is 155 Å². The summed E-state index contributed by atoms with van der Waals surface area (Å²) in [4.78, 5) is 48.3. The second-order valence-corrected chi connectivity index (χ2v) is 19.8. The van der Waals surface area contributed by atoms with Crippen molar-refractivity contribution in [1.82, 2.24) is 0 Å². The first-order chi connectivity index (χ1) is 32.2. The lowest BCUT2D eigenvalue weighted by atomic mass is 10.1. The molecule has 388 valence electrons. The van der Waals surface area contributed by atoms with Gasteiger partial charge in [-0.25, -0.2) is 4.57 Å². The number of unbranched alkanes of at least 4 members (excludes halogenated alkanes) is 30. The van der Waals surface area contributed by atoms with E-state index in [1.54, 1.807) is 0 Å². The first-order valence-electron chi connectivity index (χ1n) is 27.2. The largest absolute Gasteiger partial charge is 0.472 e. The van der Waals surface area contributed by atoms with Gasteiger partial charge in [0, 0.05) is 19.3 Å². The van der Waals surface area contributed by atoms with E-state index in [1.807, 2.05) is 0 Å². The van der Waals surface area contributed by atoms with Crippen molar-refractivity contribution < 1.29 is 52.2 Å². The molecule has 2 N–H and O–H groups in total. The average molecular weight is 957 g/mol. The molecule has 0 spiro atoms. The highest BCUT2D eigenvalue weighted by Crippen LogP contribution is 2.43. The molecule has 0 aliphatic heterocycles. The Kier molecular flexibility index (Phi) is 47.9. The molecule has 11 nitrogen and oxygen atoms in total. The van der Waals surface area contributed by atoms with Crippen molar-refractivity contribution in [2.75, 3.05) is 26.4 Å². The number of esters is 3. The van der Waals surface area contributed by atoms with Crippen LogP contribution >= 0.6 is 7.82 Å². The number of hydrogen-bond acceptors (Lipinski definition) is 10. The van der Waals surface area contributed by atoms with Gasteiger partial charge in [0.15, 0.2) is 6.10 Å². The molecule has 0 amide bonds. The zero-order valence-electron chi connectivity index (χ0n) is 42.7. The maximum Gasteiger partial charge on any atom is 0.472 e. The van der Waals surface area contributed by atoms with E-state index in [-0.39, 0.29) is 25.9 Å². The number of aliphatic hydroxyl groups is 1. The Bertz CT molecular complexity index is 1210. The van der Waals surface area contributed by atoms with Crippen LogP contribution < -0.4 is 0 Å². The maximum absolute atomic E-state index is 12.8. The zero-order valence-corrected chi connectivity index (χ0v) is 43.6. The van der Waals surface area contributed by atoms with Gasteiger partial charge in [-0.15, -0.1) is 0 Å². The molecule has 0 radical (unpaired) electrons. The van der Waals surface area contributed by atoms with Crippen molar-refractivity contribution >= 4 is 25.7 Å². The summed E-state index contributed by atoms with van der Waals surface area (Å²) in [5.74, 6) is -1.47. The number of aliphatic hydroxyl groups excluding tert-OH is 1. The summed E-state index contributed by atoms with van der Waals surface area (Å²) in [5, 5.41) is 9.75. The van der Waals surface area contributed by atoms with Gasteiger partial charge in [-0.1, -0.05) is 199 Å². The zero-order chi connectivity index (χ0) is 48.4. The molecule has 0 bridgehead atoms. The summed E-state index contributed by atoms with van der Waals surface area (Å²) in [6.45, 7) is 4.61. The van der Waals surface area contributed by atoms with Crippen molar-refractivity contribution in [3.05, 3.63) is 24.3 Å². The van der Waals surface area contributed by atoms with Gasteiger partial charge in [0.1, 0.15) is 12.7 Å². The molecule has 0 heterocycles. The predicted octanol–water partition coefficient (Wildman–Crippen LogP) is 15.5. The lowest BCUT2D eigenvalue weighted by molar-refractivity contribution is -0.161. The smallest absolute Gasteiger partial charge is 0.462 e. The van der Waals surface area contributed by atoms with Crippen molar-refractivity contribution in [2.24, 2.45) is 0 Å². The minimum absolute atomic E-state index is 0.160. The highest BCUT2D eigenvalue weighted by Gasteiger charge is 2.28. The van der Waals surface area contributed by atoms with Crippen molar-refractivity contribution in [1.29, 1.82) is 0 Å². The Morgan fingerprint density at radius 3 is 1.05 bits per heavy atom. The van der Waals surface area contributed by atoms with E-state index < -0.39 is 57.8 Å². The monoisotopic (exact) mass is 957 g/mol. The lowest BCUT2D eigenvalue weighted by Gasteiger charge is -2.21. The average Bonchev–Trinajstić information content (AvgIpc) is 3.30. The van der Waals surface area contributed by atoms with Crippen LogP contribution in [0.15, 0.2) is 24.3 Å². The summed E-state index contributed by atoms with van der Waals surface area (Å²) in [6.07, 6.45) is 47.2. The molecule has 0 fully saturated rings. The van der Waals surface area contributed by atoms with Crippen LogP contribution in [-0.4, -0.2) is 66.5 Å². The van der Waals surface area contributed by atoms with Crippen molar-refractivity contribution in [3.8, 4) is 0 Å². The Hall–Kier alpha value is -2.04. The predicted molar refractivity (Wildman–Crippen MR) is 270 cm³/mol. The number of phosphoric acid groups is 1. The third kappa shape index (κ3) is 47.0. The molecule has 3 unspecified atom stereocenters. The molecule has 0 aromatic rings. The highest BCUT2D eigenvalue weighted by atomic mass is 31.2. The normalized spacial score (nSPS) is 13.6. The van der Waals surface area contributed by atoms with Crippen LogP contribution in [0.5, 0.6) is 0 Å². The molecule has 12 heteroatoms. The fraction of sp³-hybridized carbons (Fsp3) is 0.870. The Morgan fingerprint density at radius 1 is 0.409 bits per heavy atom. The van der Waals surface area contributed by atoms with Crippen LogP contribution in [0.1, 0.15) is 265 Å². The minimum Gasteiger partial charge on any atom is -0.462 e. The molecule has 66 heavy (non-hydrogen) atoms. The quantitative estimate of drug-likeness (QED) is 0.0197. The van der Waals surface area contributed by atoms with E-state index in [4.69, 9.17) is 23.3 Å². The van der Waals surface area contributed by atoms with Gasteiger partial charge in [-0.05, 0) is 70.6 Å². The van der Waals surface area contributed by atoms with E-state index in [0.717, 1.165) is 96.3 Å². The molecular weight excluding hydrogens is 856 g/mol. The fourth-order valence-electron chi connectivity index (χ4n) is 7.64. The lowest BCUT2D eigenvalue weighted by Crippen LogP contribution is -2.30. The van der Waals surface area contributed by atoms with E-state index in [2.05, 4.69) is 45.1 Å². The number of ether oxygens (including phenoxy) is 3. The summed E-state index contributed by atoms with van der Waals surface area (Å²) in [5.41, 5.74) is 0. The molecule has 3 atom stereocenters. The first-order valence-corrected chi connectivity index (χ1v) is 28.7. The number of carbonyl (C=O) groups is 3. The molecule has 0 saturated carbocycles. The van der Waals surface area contributed by atoms with Crippen molar-refractivity contribution in [2.45, 2.75) is 277 Å². The molecule has 0 aromatic heterocycles. The Morgan fingerprint density at radius 2 is 0.697 bits per heavy atom. The van der Waals surface area contributed by atoms with Crippen LogP contribution in [-0.2, 0) is 42.2 Å². The summed E-state index contributed by atoms with van der Waals surface area (Å²) in [6, 6.07) is 0. The maximum atomic E-state index is 12.8. The van der Waals surface area contributed by atoms with Crippen molar-refractivity contribution in [3.63, 3.8) is 0 Å². The van der Waals surface area contributed by atoms with Gasteiger partial charge >= 0.3 is 25.7 Å². The number of carbonyl (C=O) groups excluding carboxylic acids is 3. The Balaban J connectivity index is 4.74. The van der Waals surface area contributed by atoms with Gasteiger partial charge in [-0.3, -0.25) is 23.4 Å². The molecular formula is C54H101O11P. The number of rotatable bonds is 51. The van der Waals surface area contributed by atoms with E-state index in [9.17, 15) is 28.9 Å². The van der Waals surface area contributed by atoms with Gasteiger partial charge < -0.3 is 24.2 Å². The van der Waals surface area contributed by atoms with Crippen LogP contribution in [0.25, 0.3) is 0 Å². The SMILES string of the molecule is CCCCCCCC/C=C\CCCCCCCC(=O)OCC(COP(=O)(O)OCC(CO)OC(=O)CCCCCCCCCCC)OC(=O)CCCCCCC/C=C\CCCCCCCC. The third-order valence-corrected chi connectivity index (χ3v) is 12.8. The van der Waals surface area contributed by atoms with Gasteiger partial charge in [0.05, 0.1) is 19.8 Å². The van der Waals surface area contributed by atoms with Crippen LogP contribution in [0.3, 0.4) is 0 Å². The van der Waals surface area contributed by atoms with E-state index in [1.165, 1.54) is 109 Å². The van der Waals surface area contributed by atoms with E-state index in [0.29, 0.717) is 19.3 Å². The minimum atomic E-state index is -4.74. The summed E-state index contributed by atoms with van der Waals surface area (Å²) >= 11 is 0. The molecule has 0 aromatic carbocycles. The third-order valence-electron chi connectivity index (χ3n) is 11.8. The summed E-state index contributed by atoms with van der Waals surface area (Å²) < 4.78 is 39.3. The second-order valence-electron chi connectivity index (χ2n) is 18.4. The van der Waals surface area contributed by atoms with Crippen LogP contribution in [0, 0.1) is 0 Å². The summed E-state index contributed by atoms with van der Waals surface area (Å²) in [7, 11) is -4.74. The van der Waals surface area contributed by atoms with Gasteiger partial charge in [0.2, 0.25) is 0 Å². The van der Waals surface area contributed by atoms with Gasteiger partial charge in [-0.2, -0.15) is 0 Å². The number of phosphoric ester groups is 1. The molecule has 0 rings (SSSR count). The molecule has 0 aliphatic rings. The Labute approximate surface area is 404 Å². The molecule has 0 aliphatic carbocycles. The van der Waals surface area contributed by atoms with Gasteiger partial charge in [0.25, 0.3) is 0 Å². The number of hydrogen-bond donors (Lipinski definition) is 2. The standard InChI is InChI=1S/C54H101O11P/c1-4-7-10-13-16-19-21-23-25-27-29-32-34-37-40-43-52(56)61-47-51(65-54(58)45-42-39-36-33-30-28-26-24-22-20-17-14-11-8-5-2)49-63-66(59,60)62-48-50(46-55)64-53(57)44-41-38-35-31-18-15-12-9-6-3/h23-26,50-51,55H,4-22,27-49H2,1-3H3,(H,59,60)/b25-23-,26-24-. The second kappa shape index (κ2) is 49.4. The van der Waals surface area contributed by atoms with Crippen LogP contribution in [0.4, 0.5) is 0 Å². The molecule has 0 saturated heterocycles. The fourth-order valence-corrected chi connectivity index (χ4v) is 8.42. The van der Waals surface area contributed by atoms with Crippen LogP contribution in [0.2, 0.25) is 0 Å². The van der Waals surface area contributed by atoms with E-state index >= 15 is 0 Å². The highest BCUT2D eigenvalue weighted by molar-refractivity contribution is 7.47. The first kappa shape index (κ1) is 64.0. The number of allylic oxidation sites excluding steroid dienone is 4.